The van der Waals surface area contributed by atoms with Crippen molar-refractivity contribution in [1.82, 2.24) is 4.90 Å². The van der Waals surface area contributed by atoms with Crippen LogP contribution in [0.3, 0.4) is 0 Å². The summed E-state index contributed by atoms with van der Waals surface area (Å²) in [5, 5.41) is 0.311. The first-order valence-corrected chi connectivity index (χ1v) is 7.14. The molecule has 2 rings (SSSR count). The molecule has 1 fully saturated rings. The van der Waals surface area contributed by atoms with Crippen molar-refractivity contribution in [3.05, 3.63) is 35.9 Å². The van der Waals surface area contributed by atoms with Crippen molar-refractivity contribution in [3.63, 3.8) is 0 Å². The fourth-order valence-corrected chi connectivity index (χ4v) is 3.07. The number of likely N-dealkylation sites (tertiary alicyclic amines) is 1. The number of hydrogen-bond donors (Lipinski definition) is 0. The first-order valence-electron chi connectivity index (χ1n) is 6.71. The average Bonchev–Trinajstić information content (AvgIpc) is 2.37. The van der Waals surface area contributed by atoms with Crippen molar-refractivity contribution in [2.45, 2.75) is 37.5 Å². The topological polar surface area (TPSA) is 3.24 Å². The van der Waals surface area contributed by atoms with Crippen LogP contribution in [0.4, 0.5) is 0 Å². The van der Waals surface area contributed by atoms with Gasteiger partial charge in [0, 0.05) is 18.5 Å². The quantitative estimate of drug-likeness (QED) is 0.734. The minimum Gasteiger partial charge on any atom is -0.301 e. The maximum absolute atomic E-state index is 6.39. The van der Waals surface area contributed by atoms with Gasteiger partial charge in [0.15, 0.2) is 0 Å². The molecule has 0 aromatic heterocycles. The molecule has 0 radical (unpaired) electrons. The molecule has 0 spiro atoms. The molecule has 94 valence electrons. The van der Waals surface area contributed by atoms with E-state index in [1.807, 2.05) is 0 Å². The Morgan fingerprint density at radius 1 is 1.24 bits per heavy atom. The molecule has 1 saturated heterocycles. The van der Waals surface area contributed by atoms with Crippen LogP contribution in [0.25, 0.3) is 0 Å². The molecule has 2 heteroatoms. The van der Waals surface area contributed by atoms with Crippen molar-refractivity contribution < 1.29 is 0 Å². The van der Waals surface area contributed by atoms with E-state index in [1.165, 1.54) is 31.5 Å². The van der Waals surface area contributed by atoms with E-state index in [0.29, 0.717) is 11.3 Å². The molecule has 1 aromatic rings. The Morgan fingerprint density at radius 2 is 2.00 bits per heavy atom. The number of nitrogens with zero attached hydrogens (tertiary/aromatic N) is 1. The molecule has 2 atom stereocenters. The summed E-state index contributed by atoms with van der Waals surface area (Å²) >= 11 is 6.39. The van der Waals surface area contributed by atoms with E-state index >= 15 is 0 Å². The van der Waals surface area contributed by atoms with Crippen molar-refractivity contribution in [2.75, 3.05) is 19.6 Å². The number of piperidine rings is 1. The van der Waals surface area contributed by atoms with E-state index in [9.17, 15) is 0 Å². The lowest BCUT2D eigenvalue weighted by Gasteiger charge is -2.35. The van der Waals surface area contributed by atoms with E-state index < -0.39 is 0 Å². The molecule has 1 aromatic carbocycles. The summed E-state index contributed by atoms with van der Waals surface area (Å²) in [6, 6.07) is 10.8. The molecule has 17 heavy (non-hydrogen) atoms. The normalized spacial score (nSPS) is 26.0. The zero-order chi connectivity index (χ0) is 12.1. The van der Waals surface area contributed by atoms with Gasteiger partial charge in [0.1, 0.15) is 0 Å². The second kappa shape index (κ2) is 6.42. The molecule has 0 unspecified atom stereocenters. The van der Waals surface area contributed by atoms with Crippen LogP contribution in [0.2, 0.25) is 0 Å². The van der Waals surface area contributed by atoms with Crippen LogP contribution < -0.4 is 0 Å². The highest BCUT2D eigenvalue weighted by Crippen LogP contribution is 2.29. The highest BCUT2D eigenvalue weighted by atomic mass is 35.5. The zero-order valence-corrected chi connectivity index (χ0v) is 11.4. The van der Waals surface area contributed by atoms with Crippen LogP contribution in [-0.4, -0.2) is 29.9 Å². The first kappa shape index (κ1) is 12.9. The highest BCUT2D eigenvalue weighted by molar-refractivity contribution is 6.20. The van der Waals surface area contributed by atoms with Crippen LogP contribution >= 0.6 is 11.6 Å². The number of halogens is 1. The van der Waals surface area contributed by atoms with Gasteiger partial charge in [0.2, 0.25) is 0 Å². The van der Waals surface area contributed by atoms with Crippen LogP contribution in [0.1, 0.15) is 37.7 Å². The molecule has 0 amide bonds. The van der Waals surface area contributed by atoms with Gasteiger partial charge >= 0.3 is 0 Å². The molecule has 0 N–H and O–H groups in total. The number of benzene rings is 1. The van der Waals surface area contributed by atoms with Gasteiger partial charge in [0.05, 0.1) is 0 Å². The summed E-state index contributed by atoms with van der Waals surface area (Å²) in [5.41, 5.74) is 1.44. The minimum atomic E-state index is 0.311. The monoisotopic (exact) mass is 251 g/mol. The van der Waals surface area contributed by atoms with E-state index in [-0.39, 0.29) is 0 Å². The third-order valence-corrected chi connectivity index (χ3v) is 3.89. The van der Waals surface area contributed by atoms with Gasteiger partial charge in [-0.3, -0.25) is 0 Å². The fourth-order valence-electron chi connectivity index (χ4n) is 2.66. The van der Waals surface area contributed by atoms with Gasteiger partial charge in [-0.05, 0) is 30.9 Å². The number of unbranched alkanes of at least 4 members (excludes halogenated alkanes) is 1. The maximum Gasteiger partial charge on any atom is 0.0469 e. The van der Waals surface area contributed by atoms with Crippen LogP contribution in [0, 0.1) is 0 Å². The largest absolute Gasteiger partial charge is 0.301 e. The molecular weight excluding hydrogens is 230 g/mol. The molecule has 0 bridgehead atoms. The highest BCUT2D eigenvalue weighted by Gasteiger charge is 2.26. The molecule has 1 aliphatic heterocycles. The Labute approximate surface area is 110 Å². The third-order valence-electron chi connectivity index (χ3n) is 3.57. The molecule has 0 saturated carbocycles. The van der Waals surface area contributed by atoms with Gasteiger partial charge < -0.3 is 4.90 Å². The molecular formula is C15H22ClN. The maximum atomic E-state index is 6.39. The standard InChI is InChI=1S/C15H22ClN/c1-2-3-9-17-11-14(10-15(16)12-17)13-7-5-4-6-8-13/h4-8,14-15H,2-3,9-12H2,1H3/t14-,15+/m1/s1. The average molecular weight is 252 g/mol. The predicted molar refractivity (Wildman–Crippen MR) is 74.8 cm³/mol. The SMILES string of the molecule is CCCCN1C[C@@H](Cl)C[C@@H](c2ccccc2)C1. The predicted octanol–water partition coefficient (Wildman–Crippen LogP) is 3.88. The summed E-state index contributed by atoms with van der Waals surface area (Å²) in [4.78, 5) is 2.53. The fraction of sp³-hybridized carbons (Fsp3) is 0.600. The van der Waals surface area contributed by atoms with E-state index in [4.69, 9.17) is 11.6 Å². The molecule has 0 aliphatic carbocycles. The second-order valence-electron chi connectivity index (χ2n) is 5.05. The van der Waals surface area contributed by atoms with Gasteiger partial charge in [-0.15, -0.1) is 11.6 Å². The summed E-state index contributed by atoms with van der Waals surface area (Å²) in [6.45, 7) is 5.68. The minimum absolute atomic E-state index is 0.311. The Balaban J connectivity index is 1.98. The second-order valence-corrected chi connectivity index (χ2v) is 5.67. The first-order chi connectivity index (χ1) is 8.29. The number of rotatable bonds is 4. The van der Waals surface area contributed by atoms with Crippen molar-refractivity contribution >= 4 is 11.6 Å². The van der Waals surface area contributed by atoms with Gasteiger partial charge in [-0.25, -0.2) is 0 Å². The van der Waals surface area contributed by atoms with E-state index in [2.05, 4.69) is 42.2 Å². The van der Waals surface area contributed by atoms with Gasteiger partial charge in [-0.2, -0.15) is 0 Å². The Bertz CT molecular complexity index is 325. The van der Waals surface area contributed by atoms with E-state index in [0.717, 1.165) is 13.0 Å². The lowest BCUT2D eigenvalue weighted by atomic mass is 9.90. The van der Waals surface area contributed by atoms with Crippen molar-refractivity contribution in [1.29, 1.82) is 0 Å². The van der Waals surface area contributed by atoms with Gasteiger partial charge in [0.25, 0.3) is 0 Å². The van der Waals surface area contributed by atoms with Crippen molar-refractivity contribution in [2.24, 2.45) is 0 Å². The molecule has 1 nitrogen and oxygen atoms in total. The Morgan fingerprint density at radius 3 is 2.71 bits per heavy atom. The van der Waals surface area contributed by atoms with Gasteiger partial charge in [-0.1, -0.05) is 43.7 Å². The summed E-state index contributed by atoms with van der Waals surface area (Å²) < 4.78 is 0. The summed E-state index contributed by atoms with van der Waals surface area (Å²) in [6.07, 6.45) is 3.67. The number of hydrogen-bond acceptors (Lipinski definition) is 1. The Kier molecular flexibility index (Phi) is 4.87. The van der Waals surface area contributed by atoms with Crippen molar-refractivity contribution in [3.8, 4) is 0 Å². The molecule has 1 heterocycles. The lowest BCUT2D eigenvalue weighted by molar-refractivity contribution is 0.208. The van der Waals surface area contributed by atoms with Crippen LogP contribution in [-0.2, 0) is 0 Å². The van der Waals surface area contributed by atoms with E-state index in [1.54, 1.807) is 0 Å². The summed E-state index contributed by atoms with van der Waals surface area (Å²) in [5.74, 6) is 0.615. The third kappa shape index (κ3) is 3.72. The Hall–Kier alpha value is -0.530. The zero-order valence-electron chi connectivity index (χ0n) is 10.6. The van der Waals surface area contributed by atoms with Crippen LogP contribution in [0.15, 0.2) is 30.3 Å². The van der Waals surface area contributed by atoms with Crippen LogP contribution in [0.5, 0.6) is 0 Å². The lowest BCUT2D eigenvalue weighted by Crippen LogP contribution is -2.40. The number of alkyl halides is 1. The smallest absolute Gasteiger partial charge is 0.0469 e. The molecule has 1 aliphatic rings. The summed E-state index contributed by atoms with van der Waals surface area (Å²) in [7, 11) is 0.